The van der Waals surface area contributed by atoms with Crippen molar-refractivity contribution in [2.45, 2.75) is 6.29 Å². The molecule has 2 N–H and O–H groups in total. The summed E-state index contributed by atoms with van der Waals surface area (Å²) in [5, 5.41) is 6.95. The highest BCUT2D eigenvalue weighted by Gasteiger charge is 2.12. The summed E-state index contributed by atoms with van der Waals surface area (Å²) in [5.74, 6) is 0.929. The van der Waals surface area contributed by atoms with E-state index in [4.69, 9.17) is 21.1 Å². The number of fused-ring (bicyclic) bond motifs is 1. The van der Waals surface area contributed by atoms with Crippen molar-refractivity contribution in [2.75, 3.05) is 31.4 Å². The van der Waals surface area contributed by atoms with Crippen molar-refractivity contribution in [2.24, 2.45) is 0 Å². The summed E-state index contributed by atoms with van der Waals surface area (Å²) in [6.45, 7) is 0.388. The Morgan fingerprint density at radius 1 is 1.04 bits per heavy atom. The second-order valence-corrected chi connectivity index (χ2v) is 5.47. The Balaban J connectivity index is 1.90. The molecule has 0 aliphatic carbocycles. The maximum Gasteiger partial charge on any atom is 0.227 e. The van der Waals surface area contributed by atoms with E-state index in [1.165, 1.54) is 0 Å². The Labute approximate surface area is 149 Å². The van der Waals surface area contributed by atoms with Crippen molar-refractivity contribution < 1.29 is 9.47 Å². The maximum absolute atomic E-state index is 5.92. The van der Waals surface area contributed by atoms with E-state index in [-0.39, 0.29) is 0 Å². The number of benzene rings is 1. The van der Waals surface area contributed by atoms with Crippen LogP contribution in [0.1, 0.15) is 0 Å². The molecule has 0 atom stereocenters. The summed E-state index contributed by atoms with van der Waals surface area (Å²) in [5.41, 5.74) is 1.87. The van der Waals surface area contributed by atoms with Crippen LogP contribution in [0.2, 0.25) is 5.02 Å². The maximum atomic E-state index is 5.92. The fourth-order valence-electron chi connectivity index (χ4n) is 2.14. The van der Waals surface area contributed by atoms with E-state index in [0.717, 1.165) is 5.69 Å². The molecule has 0 spiro atoms. The van der Waals surface area contributed by atoms with Crippen LogP contribution in [0.4, 0.5) is 17.5 Å². The molecule has 0 amide bonds. The zero-order valence-electron chi connectivity index (χ0n) is 13.7. The standard InChI is InChI=1S/C16H17ClN6O2/c1-24-12(25-2)9-20-16-22-14-13(18-7-8-19-14)15(23-16)21-11-5-3-10(17)4-6-11/h3-8,12H,9H2,1-2H3,(H2,19,20,21,22,23). The van der Waals surface area contributed by atoms with E-state index < -0.39 is 6.29 Å². The van der Waals surface area contributed by atoms with Crippen molar-refractivity contribution in [1.82, 2.24) is 19.9 Å². The SMILES string of the molecule is COC(CNc1nc(Nc2ccc(Cl)cc2)c2nccnc2n1)OC. The third-order valence-corrected chi connectivity index (χ3v) is 3.64. The highest BCUT2D eigenvalue weighted by atomic mass is 35.5. The van der Waals surface area contributed by atoms with Gasteiger partial charge in [0.15, 0.2) is 23.3 Å². The third-order valence-electron chi connectivity index (χ3n) is 3.39. The molecular formula is C16H17ClN6O2. The van der Waals surface area contributed by atoms with Gasteiger partial charge < -0.3 is 20.1 Å². The first-order valence-corrected chi connectivity index (χ1v) is 7.88. The number of halogens is 1. The van der Waals surface area contributed by atoms with Crippen LogP contribution in [0, 0.1) is 0 Å². The number of methoxy groups -OCH3 is 2. The number of rotatable bonds is 7. The highest BCUT2D eigenvalue weighted by Crippen LogP contribution is 2.23. The van der Waals surface area contributed by atoms with E-state index in [9.17, 15) is 0 Å². The zero-order chi connectivity index (χ0) is 17.6. The minimum atomic E-state index is -0.408. The molecule has 1 aromatic carbocycles. The average molecular weight is 361 g/mol. The fourth-order valence-corrected chi connectivity index (χ4v) is 2.26. The molecule has 0 saturated heterocycles. The highest BCUT2D eigenvalue weighted by molar-refractivity contribution is 6.30. The molecule has 3 aromatic rings. The second-order valence-electron chi connectivity index (χ2n) is 5.04. The van der Waals surface area contributed by atoms with E-state index in [2.05, 4.69) is 30.6 Å². The van der Waals surface area contributed by atoms with Gasteiger partial charge in [-0.2, -0.15) is 9.97 Å². The van der Waals surface area contributed by atoms with Crippen molar-refractivity contribution in [3.8, 4) is 0 Å². The van der Waals surface area contributed by atoms with Crippen LogP contribution < -0.4 is 10.6 Å². The smallest absolute Gasteiger partial charge is 0.227 e. The van der Waals surface area contributed by atoms with Gasteiger partial charge in [0, 0.05) is 37.3 Å². The normalized spacial score (nSPS) is 11.0. The molecule has 0 saturated carbocycles. The van der Waals surface area contributed by atoms with Gasteiger partial charge in [-0.05, 0) is 24.3 Å². The molecule has 2 heterocycles. The lowest BCUT2D eigenvalue weighted by Gasteiger charge is -2.15. The molecule has 0 bridgehead atoms. The molecule has 8 nitrogen and oxygen atoms in total. The number of hydrogen-bond donors (Lipinski definition) is 2. The fraction of sp³-hybridized carbons (Fsp3) is 0.250. The first-order valence-electron chi connectivity index (χ1n) is 7.50. The largest absolute Gasteiger partial charge is 0.354 e. The molecule has 0 unspecified atom stereocenters. The Kier molecular flexibility index (Phi) is 5.54. The van der Waals surface area contributed by atoms with Crippen molar-refractivity contribution >= 4 is 40.2 Å². The number of aromatic nitrogens is 4. The second kappa shape index (κ2) is 8.02. The van der Waals surface area contributed by atoms with Gasteiger partial charge >= 0.3 is 0 Å². The predicted molar refractivity (Wildman–Crippen MR) is 96.2 cm³/mol. The Hall–Kier alpha value is -2.55. The van der Waals surface area contributed by atoms with Crippen LogP contribution in [0.5, 0.6) is 0 Å². The number of nitrogens with one attached hydrogen (secondary N) is 2. The van der Waals surface area contributed by atoms with Gasteiger partial charge in [0.25, 0.3) is 0 Å². The number of nitrogens with zero attached hydrogens (tertiary/aromatic N) is 4. The molecule has 0 radical (unpaired) electrons. The third kappa shape index (κ3) is 4.30. The summed E-state index contributed by atoms with van der Waals surface area (Å²) in [6, 6.07) is 7.29. The summed E-state index contributed by atoms with van der Waals surface area (Å²) in [7, 11) is 3.13. The Morgan fingerprint density at radius 3 is 2.48 bits per heavy atom. The van der Waals surface area contributed by atoms with Crippen molar-refractivity contribution in [1.29, 1.82) is 0 Å². The first kappa shape index (κ1) is 17.3. The van der Waals surface area contributed by atoms with Gasteiger partial charge in [-0.25, -0.2) is 9.97 Å². The quantitative estimate of drug-likeness (QED) is 0.621. The van der Waals surface area contributed by atoms with E-state index in [1.807, 2.05) is 12.1 Å². The summed E-state index contributed by atoms with van der Waals surface area (Å²) >= 11 is 5.92. The molecule has 25 heavy (non-hydrogen) atoms. The molecule has 0 aliphatic rings. The van der Waals surface area contributed by atoms with Crippen LogP contribution in [0.3, 0.4) is 0 Å². The average Bonchev–Trinajstić information content (AvgIpc) is 2.64. The molecule has 9 heteroatoms. The van der Waals surface area contributed by atoms with Crippen LogP contribution in [-0.2, 0) is 9.47 Å². The number of anilines is 3. The molecule has 0 aliphatic heterocycles. The van der Waals surface area contributed by atoms with E-state index in [1.54, 1.807) is 38.7 Å². The lowest BCUT2D eigenvalue weighted by molar-refractivity contribution is -0.0914. The Morgan fingerprint density at radius 2 is 1.76 bits per heavy atom. The lowest BCUT2D eigenvalue weighted by Crippen LogP contribution is -2.24. The Bertz CT molecular complexity index is 842. The van der Waals surface area contributed by atoms with E-state index in [0.29, 0.717) is 34.5 Å². The molecule has 0 fully saturated rings. The zero-order valence-corrected chi connectivity index (χ0v) is 14.5. The lowest BCUT2D eigenvalue weighted by atomic mass is 10.3. The van der Waals surface area contributed by atoms with Crippen LogP contribution in [0.15, 0.2) is 36.7 Å². The summed E-state index contributed by atoms with van der Waals surface area (Å²) < 4.78 is 10.3. The molecule has 130 valence electrons. The van der Waals surface area contributed by atoms with E-state index >= 15 is 0 Å². The van der Waals surface area contributed by atoms with Crippen molar-refractivity contribution in [3.05, 3.63) is 41.7 Å². The minimum absolute atomic E-state index is 0.388. The number of ether oxygens (including phenoxy) is 2. The van der Waals surface area contributed by atoms with Gasteiger partial charge in [-0.1, -0.05) is 11.6 Å². The molecule has 2 aromatic heterocycles. The van der Waals surface area contributed by atoms with Gasteiger partial charge in [0.05, 0.1) is 6.54 Å². The predicted octanol–water partition coefficient (Wildman–Crippen LogP) is 2.85. The molecule has 3 rings (SSSR count). The van der Waals surface area contributed by atoms with Gasteiger partial charge in [0.1, 0.15) is 0 Å². The van der Waals surface area contributed by atoms with Crippen LogP contribution in [0.25, 0.3) is 11.2 Å². The number of hydrogen-bond acceptors (Lipinski definition) is 8. The summed E-state index contributed by atoms with van der Waals surface area (Å²) in [4.78, 5) is 17.4. The molecular weight excluding hydrogens is 344 g/mol. The van der Waals surface area contributed by atoms with Gasteiger partial charge in [-0.15, -0.1) is 0 Å². The van der Waals surface area contributed by atoms with Crippen LogP contribution in [-0.4, -0.2) is 47.0 Å². The van der Waals surface area contributed by atoms with Crippen LogP contribution >= 0.6 is 11.6 Å². The van der Waals surface area contributed by atoms with Crippen molar-refractivity contribution in [3.63, 3.8) is 0 Å². The van der Waals surface area contributed by atoms with Gasteiger partial charge in [0.2, 0.25) is 5.95 Å². The topological polar surface area (TPSA) is 94.1 Å². The van der Waals surface area contributed by atoms with Gasteiger partial charge in [-0.3, -0.25) is 0 Å². The first-order chi connectivity index (χ1) is 12.2. The summed E-state index contributed by atoms with van der Waals surface area (Å²) in [6.07, 6.45) is 2.77. The monoisotopic (exact) mass is 360 g/mol. The minimum Gasteiger partial charge on any atom is -0.354 e.